The van der Waals surface area contributed by atoms with E-state index >= 15 is 0 Å². The molecule has 1 atom stereocenters. The van der Waals surface area contributed by atoms with Gasteiger partial charge in [-0.3, -0.25) is 0 Å². The first-order valence-electron chi connectivity index (χ1n) is 11.1. The highest BCUT2D eigenvalue weighted by atomic mass is 28.3. The van der Waals surface area contributed by atoms with Crippen molar-refractivity contribution in [1.82, 2.24) is 0 Å². The number of aromatic hydroxyl groups is 1. The highest BCUT2D eigenvalue weighted by Gasteiger charge is 2.37. The first kappa shape index (κ1) is 26.3. The maximum Gasteiger partial charge on any atom is 0.416 e. The fraction of sp³-hybridized carbons (Fsp3) is 0.538. The number of phenolic OH excluding ortho intramolecular Hbond substituents is 1. The van der Waals surface area contributed by atoms with Crippen LogP contribution in [-0.2, 0) is 17.0 Å². The normalized spacial score (nSPS) is 15.0. The van der Waals surface area contributed by atoms with Gasteiger partial charge < -0.3 is 9.84 Å². The molecule has 6 heteroatoms. The summed E-state index contributed by atoms with van der Waals surface area (Å²) in [6.07, 6.45) is -3.91. The Bertz CT molecular complexity index is 901. The molecule has 0 aromatic heterocycles. The van der Waals surface area contributed by atoms with Gasteiger partial charge in [0.25, 0.3) is 0 Å². The third kappa shape index (κ3) is 5.69. The molecule has 0 aliphatic heterocycles. The summed E-state index contributed by atoms with van der Waals surface area (Å²) in [6, 6.07) is 9.34. The van der Waals surface area contributed by atoms with Crippen LogP contribution in [0.2, 0.25) is 12.1 Å². The minimum atomic E-state index is -4.34. The van der Waals surface area contributed by atoms with Crippen molar-refractivity contribution >= 4 is 13.3 Å². The zero-order valence-corrected chi connectivity index (χ0v) is 21.7. The number of alkyl halides is 3. The SMILES string of the molecule is CC(C)[Si](C)(COc1cc(C(C)(C)C)c(O)c(C(C)(C)C)c1)c1ccc(C(F)(F)F)cc1. The Morgan fingerprint density at radius 3 is 1.66 bits per heavy atom. The van der Waals surface area contributed by atoms with Gasteiger partial charge in [0.05, 0.1) is 11.8 Å². The summed E-state index contributed by atoms with van der Waals surface area (Å²) in [5, 5.41) is 11.9. The van der Waals surface area contributed by atoms with E-state index in [9.17, 15) is 18.3 Å². The number of hydrogen-bond acceptors (Lipinski definition) is 2. The first-order valence-corrected chi connectivity index (χ1v) is 13.8. The summed E-state index contributed by atoms with van der Waals surface area (Å²) in [7, 11) is -2.26. The van der Waals surface area contributed by atoms with Gasteiger partial charge in [0.15, 0.2) is 0 Å². The lowest BCUT2D eigenvalue weighted by Crippen LogP contribution is -2.53. The topological polar surface area (TPSA) is 29.5 Å². The second-order valence-corrected chi connectivity index (χ2v) is 16.2. The van der Waals surface area contributed by atoms with Crippen LogP contribution in [0.15, 0.2) is 36.4 Å². The summed E-state index contributed by atoms with van der Waals surface area (Å²) in [6.45, 7) is 18.6. The van der Waals surface area contributed by atoms with Gasteiger partial charge in [-0.1, -0.05) is 91.4 Å². The molecule has 0 aliphatic carbocycles. The zero-order valence-electron chi connectivity index (χ0n) is 20.7. The van der Waals surface area contributed by atoms with Crippen molar-refractivity contribution in [2.24, 2.45) is 0 Å². The zero-order chi connectivity index (χ0) is 24.7. The Morgan fingerprint density at radius 2 is 1.31 bits per heavy atom. The standard InChI is InChI=1S/C26H37F3O2Si/c1-17(2)32(9,20-12-10-18(11-13-20)26(27,28)29)16-31-19-14-21(24(3,4)5)23(30)22(15-19)25(6,7)8/h10-15,17,30H,16H2,1-9H3. The Balaban J connectivity index is 2.45. The van der Waals surface area contributed by atoms with Crippen LogP contribution in [0.5, 0.6) is 11.5 Å². The number of rotatable bonds is 5. The molecule has 0 radical (unpaired) electrons. The summed E-state index contributed by atoms with van der Waals surface area (Å²) in [4.78, 5) is 0. The van der Waals surface area contributed by atoms with Crippen LogP contribution in [0.25, 0.3) is 0 Å². The maximum absolute atomic E-state index is 13.0. The van der Waals surface area contributed by atoms with Crippen molar-refractivity contribution in [3.8, 4) is 11.5 Å². The van der Waals surface area contributed by atoms with Crippen LogP contribution < -0.4 is 9.92 Å². The van der Waals surface area contributed by atoms with Crippen LogP contribution in [0.3, 0.4) is 0 Å². The minimum absolute atomic E-state index is 0.264. The monoisotopic (exact) mass is 466 g/mol. The molecule has 0 amide bonds. The predicted molar refractivity (Wildman–Crippen MR) is 129 cm³/mol. The Labute approximate surface area is 191 Å². The van der Waals surface area contributed by atoms with Crippen molar-refractivity contribution < 1.29 is 23.0 Å². The van der Waals surface area contributed by atoms with Gasteiger partial charge in [-0.2, -0.15) is 13.2 Å². The van der Waals surface area contributed by atoms with Gasteiger partial charge in [0, 0.05) is 11.1 Å². The maximum atomic E-state index is 13.0. The van der Waals surface area contributed by atoms with E-state index < -0.39 is 19.8 Å². The summed E-state index contributed by atoms with van der Waals surface area (Å²) >= 11 is 0. The van der Waals surface area contributed by atoms with Crippen molar-refractivity contribution in [3.05, 3.63) is 53.1 Å². The number of hydrogen-bond donors (Lipinski definition) is 1. The van der Waals surface area contributed by atoms with Gasteiger partial charge in [-0.25, -0.2) is 0 Å². The molecule has 1 unspecified atom stereocenters. The molecule has 2 nitrogen and oxygen atoms in total. The molecule has 2 aromatic carbocycles. The van der Waals surface area contributed by atoms with Crippen molar-refractivity contribution in [1.29, 1.82) is 0 Å². The van der Waals surface area contributed by atoms with Crippen LogP contribution in [0.1, 0.15) is 72.1 Å². The number of benzene rings is 2. The van der Waals surface area contributed by atoms with Crippen LogP contribution in [-0.4, -0.2) is 19.4 Å². The lowest BCUT2D eigenvalue weighted by Gasteiger charge is -2.33. The van der Waals surface area contributed by atoms with E-state index in [4.69, 9.17) is 4.74 Å². The van der Waals surface area contributed by atoms with Crippen LogP contribution >= 0.6 is 0 Å². The van der Waals surface area contributed by atoms with Gasteiger partial charge in [-0.15, -0.1) is 0 Å². The molecule has 32 heavy (non-hydrogen) atoms. The molecular weight excluding hydrogens is 429 g/mol. The third-order valence-electron chi connectivity index (χ3n) is 6.38. The quantitative estimate of drug-likeness (QED) is 0.468. The molecule has 0 heterocycles. The summed E-state index contributed by atoms with van der Waals surface area (Å²) in [5.41, 5.74) is 0.737. The third-order valence-corrected chi connectivity index (χ3v) is 11.3. The fourth-order valence-corrected chi connectivity index (χ4v) is 6.25. The van der Waals surface area contributed by atoms with Gasteiger partial charge in [-0.05, 0) is 28.5 Å². The fourth-order valence-electron chi connectivity index (χ4n) is 3.69. The second kappa shape index (κ2) is 8.77. The van der Waals surface area contributed by atoms with E-state index in [0.29, 0.717) is 17.7 Å². The molecule has 2 rings (SSSR count). The first-order chi connectivity index (χ1) is 14.4. The number of halogens is 3. The van der Waals surface area contributed by atoms with Crippen molar-refractivity contribution in [2.75, 3.05) is 6.23 Å². The van der Waals surface area contributed by atoms with E-state index in [0.717, 1.165) is 16.3 Å². The van der Waals surface area contributed by atoms with Crippen molar-refractivity contribution in [2.45, 2.75) is 84.5 Å². The Morgan fingerprint density at radius 1 is 0.875 bits per heavy atom. The van der Waals surface area contributed by atoms with E-state index in [1.807, 2.05) is 53.7 Å². The van der Waals surface area contributed by atoms with E-state index in [1.165, 1.54) is 12.1 Å². The molecule has 2 aromatic rings. The molecule has 0 aliphatic rings. The van der Waals surface area contributed by atoms with Gasteiger partial charge in [0.2, 0.25) is 0 Å². The molecule has 178 valence electrons. The molecule has 0 saturated heterocycles. The lowest BCUT2D eigenvalue weighted by atomic mass is 9.79. The number of phenols is 1. The predicted octanol–water partition coefficient (Wildman–Crippen LogP) is 7.32. The lowest BCUT2D eigenvalue weighted by molar-refractivity contribution is -0.137. The molecule has 0 saturated carbocycles. The minimum Gasteiger partial charge on any atom is -0.507 e. The summed E-state index contributed by atoms with van der Waals surface area (Å²) < 4.78 is 45.4. The smallest absolute Gasteiger partial charge is 0.416 e. The van der Waals surface area contributed by atoms with E-state index in [1.54, 1.807) is 12.1 Å². The Kier molecular flexibility index (Phi) is 7.21. The average Bonchev–Trinajstić information content (AvgIpc) is 2.64. The summed E-state index contributed by atoms with van der Waals surface area (Å²) in [5.74, 6) is 0.980. The Hall–Kier alpha value is -1.95. The molecule has 1 N–H and O–H groups in total. The van der Waals surface area contributed by atoms with E-state index in [2.05, 4.69) is 20.4 Å². The number of ether oxygens (including phenoxy) is 1. The molecule has 0 fully saturated rings. The molecule has 0 bridgehead atoms. The van der Waals surface area contributed by atoms with Crippen LogP contribution in [0.4, 0.5) is 13.2 Å². The molecule has 0 spiro atoms. The average molecular weight is 467 g/mol. The van der Waals surface area contributed by atoms with Crippen LogP contribution in [0, 0.1) is 0 Å². The second-order valence-electron chi connectivity index (χ2n) is 11.3. The van der Waals surface area contributed by atoms with Crippen molar-refractivity contribution in [3.63, 3.8) is 0 Å². The van der Waals surface area contributed by atoms with Gasteiger partial charge >= 0.3 is 6.18 Å². The van der Waals surface area contributed by atoms with Gasteiger partial charge in [0.1, 0.15) is 19.6 Å². The highest BCUT2D eigenvalue weighted by molar-refractivity contribution is 6.91. The van der Waals surface area contributed by atoms with E-state index in [-0.39, 0.29) is 16.4 Å². The highest BCUT2D eigenvalue weighted by Crippen LogP contribution is 2.42. The largest absolute Gasteiger partial charge is 0.507 e. The molecular formula is C26H37F3O2Si.